The minimum absolute atomic E-state index is 0.0386. The number of unbranched alkanes of at least 4 members (excludes halogenated alkanes) is 4. The summed E-state index contributed by atoms with van der Waals surface area (Å²) in [4.78, 5) is 51.0. The van der Waals surface area contributed by atoms with Crippen molar-refractivity contribution in [3.63, 3.8) is 0 Å². The summed E-state index contributed by atoms with van der Waals surface area (Å²) < 4.78 is 14.7. The van der Waals surface area contributed by atoms with Crippen LogP contribution in [-0.4, -0.2) is 100 Å². The van der Waals surface area contributed by atoms with Crippen LogP contribution in [-0.2, 0) is 21.4 Å². The van der Waals surface area contributed by atoms with Crippen molar-refractivity contribution >= 4 is 67.0 Å². The number of aromatic nitrogens is 4. The van der Waals surface area contributed by atoms with Gasteiger partial charge in [-0.05, 0) is 81.6 Å². The summed E-state index contributed by atoms with van der Waals surface area (Å²) in [6, 6.07) is 18.0. The fourth-order valence-corrected chi connectivity index (χ4v) is 8.38. The van der Waals surface area contributed by atoms with Gasteiger partial charge in [0.2, 0.25) is 17.7 Å². The molecule has 2 aliphatic rings. The van der Waals surface area contributed by atoms with Crippen molar-refractivity contribution in [2.45, 2.75) is 70.8 Å². The maximum absolute atomic E-state index is 13.1. The SMILES string of the molecule is COc1cc2c(N[C@H](C)c3cccc(Br)c3)nc(C)nc2cc1OCCCCCCCN1CCN(C(=O)CNc2ccc3c(C4CCC(=O)NC4=O)nn(C)c3c2)CC1. The zero-order valence-corrected chi connectivity index (χ0v) is 35.9. The van der Waals surface area contributed by atoms with Crippen LogP contribution in [0.5, 0.6) is 11.5 Å². The lowest BCUT2D eigenvalue weighted by Crippen LogP contribution is -2.50. The highest BCUT2D eigenvalue weighted by Crippen LogP contribution is 2.36. The van der Waals surface area contributed by atoms with Crippen molar-refractivity contribution < 1.29 is 23.9 Å². The summed E-state index contributed by atoms with van der Waals surface area (Å²) in [5.74, 6) is 1.87. The normalized spacial score (nSPS) is 16.6. The highest BCUT2D eigenvalue weighted by atomic mass is 79.9. The van der Waals surface area contributed by atoms with Crippen LogP contribution in [0.4, 0.5) is 11.5 Å². The Bertz CT molecular complexity index is 2310. The maximum Gasteiger partial charge on any atom is 0.241 e. The molecule has 312 valence electrons. The van der Waals surface area contributed by atoms with E-state index in [-0.39, 0.29) is 30.3 Å². The number of imide groups is 1. The molecule has 7 rings (SSSR count). The number of hydrogen-bond donors (Lipinski definition) is 3. The summed E-state index contributed by atoms with van der Waals surface area (Å²) in [6.07, 6.45) is 6.22. The van der Waals surface area contributed by atoms with E-state index >= 15 is 0 Å². The molecule has 2 fully saturated rings. The van der Waals surface area contributed by atoms with Crippen molar-refractivity contribution in [1.82, 2.24) is 34.9 Å². The molecule has 3 N–H and O–H groups in total. The molecule has 2 aliphatic heterocycles. The van der Waals surface area contributed by atoms with Crippen LogP contribution < -0.4 is 25.4 Å². The lowest BCUT2D eigenvalue weighted by molar-refractivity contribution is -0.134. The standard InChI is InChI=1S/C44H54BrN9O5/c1-28(30-11-10-12-31(45)23-30)47-43-35-25-38(58-4)39(26-36(35)48-29(2)49-43)59-22-9-7-5-6-8-17-53-18-20-54(21-19-53)41(56)27-46-32-13-14-33-37(24-32)52(3)51-42(33)34-15-16-40(55)50-44(34)57/h10-14,23-26,28,34,46H,5-9,15-22,27H2,1-4H3,(H,47,48,49)(H,50,55,57)/t28-,34?/m1/s1. The Morgan fingerprint density at radius 1 is 0.966 bits per heavy atom. The van der Waals surface area contributed by atoms with Crippen LogP contribution in [0.25, 0.3) is 21.8 Å². The van der Waals surface area contributed by atoms with E-state index in [1.54, 1.807) is 11.8 Å². The summed E-state index contributed by atoms with van der Waals surface area (Å²) in [5.41, 5.74) is 4.31. The molecule has 59 heavy (non-hydrogen) atoms. The molecule has 15 heteroatoms. The number of anilines is 2. The van der Waals surface area contributed by atoms with Gasteiger partial charge in [0, 0.05) is 66.6 Å². The monoisotopic (exact) mass is 867 g/mol. The molecule has 2 saturated heterocycles. The Hall–Kier alpha value is -5.28. The van der Waals surface area contributed by atoms with E-state index < -0.39 is 5.92 Å². The van der Waals surface area contributed by atoms with Crippen LogP contribution >= 0.6 is 15.9 Å². The number of piperidine rings is 1. The number of halogens is 1. The maximum atomic E-state index is 13.1. The van der Waals surface area contributed by atoms with E-state index in [0.29, 0.717) is 42.5 Å². The van der Waals surface area contributed by atoms with Gasteiger partial charge >= 0.3 is 0 Å². The first-order valence-electron chi connectivity index (χ1n) is 20.6. The molecule has 3 aromatic carbocycles. The number of aryl methyl sites for hydroxylation is 2. The van der Waals surface area contributed by atoms with Crippen molar-refractivity contribution in [3.05, 3.63) is 76.2 Å². The molecule has 1 unspecified atom stereocenters. The van der Waals surface area contributed by atoms with Gasteiger partial charge in [0.1, 0.15) is 11.6 Å². The molecule has 0 spiro atoms. The largest absolute Gasteiger partial charge is 0.493 e. The van der Waals surface area contributed by atoms with Gasteiger partial charge in [-0.15, -0.1) is 0 Å². The quantitative estimate of drug-likeness (QED) is 0.0662. The Morgan fingerprint density at radius 2 is 1.76 bits per heavy atom. The van der Waals surface area contributed by atoms with Crippen molar-refractivity contribution in [2.24, 2.45) is 7.05 Å². The first kappa shape index (κ1) is 41.9. The third-order valence-electron chi connectivity index (χ3n) is 11.3. The second-order valence-electron chi connectivity index (χ2n) is 15.5. The summed E-state index contributed by atoms with van der Waals surface area (Å²) in [7, 11) is 3.50. The predicted octanol–water partition coefficient (Wildman–Crippen LogP) is 6.87. The predicted molar refractivity (Wildman–Crippen MR) is 233 cm³/mol. The van der Waals surface area contributed by atoms with E-state index in [0.717, 1.165) is 108 Å². The Labute approximate surface area is 353 Å². The second kappa shape index (κ2) is 19.2. The fourth-order valence-electron chi connectivity index (χ4n) is 7.97. The Balaban J connectivity index is 0.791. The molecule has 0 radical (unpaired) electrons. The molecule has 14 nitrogen and oxygen atoms in total. The number of benzene rings is 3. The average molecular weight is 869 g/mol. The molecular weight excluding hydrogens is 814 g/mol. The van der Waals surface area contributed by atoms with Crippen LogP contribution in [0.1, 0.15) is 80.9 Å². The third-order valence-corrected chi connectivity index (χ3v) is 11.8. The van der Waals surface area contributed by atoms with Gasteiger partial charge in [0.15, 0.2) is 11.5 Å². The molecule has 3 amide bonds. The number of amides is 3. The molecule has 4 heterocycles. The number of carbonyl (C=O) groups excluding carboxylic acids is 3. The van der Waals surface area contributed by atoms with Crippen molar-refractivity contribution in [3.8, 4) is 11.5 Å². The average Bonchev–Trinajstić information content (AvgIpc) is 3.55. The number of nitrogens with one attached hydrogen (secondary N) is 3. The fraction of sp³-hybridized carbons (Fsp3) is 0.455. The number of methoxy groups -OCH3 is 1. The molecular formula is C44H54BrN9O5. The van der Waals surface area contributed by atoms with Gasteiger partial charge in [-0.3, -0.25) is 29.3 Å². The topological polar surface area (TPSA) is 156 Å². The first-order valence-corrected chi connectivity index (χ1v) is 21.4. The number of fused-ring (bicyclic) bond motifs is 2. The molecule has 2 aromatic heterocycles. The van der Waals surface area contributed by atoms with Crippen LogP contribution in [0.2, 0.25) is 0 Å². The van der Waals surface area contributed by atoms with Gasteiger partial charge in [-0.25, -0.2) is 9.97 Å². The van der Waals surface area contributed by atoms with Gasteiger partial charge < -0.3 is 25.0 Å². The summed E-state index contributed by atoms with van der Waals surface area (Å²) >= 11 is 3.57. The zero-order valence-electron chi connectivity index (χ0n) is 34.4. The highest BCUT2D eigenvalue weighted by Gasteiger charge is 2.31. The molecule has 5 aromatic rings. The molecule has 0 bridgehead atoms. The minimum Gasteiger partial charge on any atom is -0.493 e. The van der Waals surface area contributed by atoms with Gasteiger partial charge in [0.05, 0.1) is 48.9 Å². The van der Waals surface area contributed by atoms with Crippen molar-refractivity contribution in [1.29, 1.82) is 0 Å². The summed E-state index contributed by atoms with van der Waals surface area (Å²) in [6.45, 7) is 9.07. The van der Waals surface area contributed by atoms with Crippen LogP contribution in [0.3, 0.4) is 0 Å². The third kappa shape index (κ3) is 10.3. The second-order valence-corrected chi connectivity index (χ2v) is 16.4. The zero-order chi connectivity index (χ0) is 41.5. The Kier molecular flexibility index (Phi) is 13.6. The van der Waals surface area contributed by atoms with Crippen molar-refractivity contribution in [2.75, 3.05) is 63.6 Å². The minimum atomic E-state index is -0.452. The number of hydrogen-bond acceptors (Lipinski definition) is 11. The first-order chi connectivity index (χ1) is 28.6. The summed E-state index contributed by atoms with van der Waals surface area (Å²) in [5, 5.41) is 15.6. The highest BCUT2D eigenvalue weighted by molar-refractivity contribution is 9.10. The number of nitrogens with zero attached hydrogens (tertiary/aromatic N) is 6. The van der Waals surface area contributed by atoms with E-state index in [9.17, 15) is 14.4 Å². The van der Waals surface area contributed by atoms with E-state index in [2.05, 4.69) is 60.9 Å². The molecule has 0 aliphatic carbocycles. The van der Waals surface area contributed by atoms with E-state index in [4.69, 9.17) is 19.4 Å². The van der Waals surface area contributed by atoms with Crippen LogP contribution in [0.15, 0.2) is 59.1 Å². The van der Waals surface area contributed by atoms with Gasteiger partial charge in [-0.2, -0.15) is 5.10 Å². The van der Waals surface area contributed by atoms with E-state index in [1.165, 1.54) is 0 Å². The lowest BCUT2D eigenvalue weighted by atomic mass is 9.93. The van der Waals surface area contributed by atoms with Gasteiger partial charge in [-0.1, -0.05) is 47.3 Å². The Morgan fingerprint density at radius 3 is 2.54 bits per heavy atom. The van der Waals surface area contributed by atoms with Gasteiger partial charge in [0.25, 0.3) is 0 Å². The smallest absolute Gasteiger partial charge is 0.241 e. The molecule has 0 saturated carbocycles. The lowest BCUT2D eigenvalue weighted by Gasteiger charge is -2.34. The number of carbonyl (C=O) groups is 3. The molecule has 2 atom stereocenters. The number of ether oxygens (including phenoxy) is 2. The number of rotatable bonds is 17. The number of piperazine rings is 1. The van der Waals surface area contributed by atoms with E-state index in [1.807, 2.05) is 61.3 Å². The van der Waals surface area contributed by atoms with Crippen LogP contribution in [0, 0.1) is 6.92 Å².